The van der Waals surface area contributed by atoms with Gasteiger partial charge in [-0.25, -0.2) is 0 Å². The Balaban J connectivity index is 2.50. The summed E-state index contributed by atoms with van der Waals surface area (Å²) in [7, 11) is 1.78. The normalized spacial score (nSPS) is 12.2. The van der Waals surface area contributed by atoms with Gasteiger partial charge in [-0.15, -0.1) is 10.2 Å². The van der Waals surface area contributed by atoms with Crippen LogP contribution in [0.5, 0.6) is 0 Å². The molecule has 1 heterocycles. The molecule has 0 aliphatic carbocycles. The van der Waals surface area contributed by atoms with E-state index in [2.05, 4.69) is 15.5 Å². The van der Waals surface area contributed by atoms with Gasteiger partial charge in [0.15, 0.2) is 0 Å². The maximum Gasteiger partial charge on any atom is 0.244 e. The molecule has 5 nitrogen and oxygen atoms in total. The molecule has 0 saturated carbocycles. The minimum Gasteiger partial charge on any atom is -0.349 e. The zero-order valence-corrected chi connectivity index (χ0v) is 9.34. The number of carbonyl (C=O) groups is 1. The summed E-state index contributed by atoms with van der Waals surface area (Å²) < 4.78 is 0. The van der Waals surface area contributed by atoms with E-state index in [-0.39, 0.29) is 11.9 Å². The summed E-state index contributed by atoms with van der Waals surface area (Å²) in [6.07, 6.45) is 0. The second-order valence-corrected chi connectivity index (χ2v) is 3.80. The highest BCUT2D eigenvalue weighted by atomic mass is 32.1. The Bertz CT molecular complexity index is 288. The molecule has 1 aromatic heterocycles. The fourth-order valence-corrected chi connectivity index (χ4v) is 1.50. The predicted octanol–water partition coefficient (Wildman–Crippen LogP) is 0.817. The molecule has 0 aliphatic rings. The van der Waals surface area contributed by atoms with E-state index < -0.39 is 0 Å². The molecule has 0 saturated heterocycles. The van der Waals surface area contributed by atoms with Crippen molar-refractivity contribution in [3.63, 3.8) is 0 Å². The van der Waals surface area contributed by atoms with Gasteiger partial charge in [-0.3, -0.25) is 4.79 Å². The highest BCUT2D eigenvalue weighted by molar-refractivity contribution is 7.13. The summed E-state index contributed by atoms with van der Waals surface area (Å²) in [5.41, 5.74) is 1.63. The lowest BCUT2D eigenvalue weighted by molar-refractivity contribution is -0.130. The van der Waals surface area contributed by atoms with Crippen LogP contribution in [0.15, 0.2) is 5.51 Å². The molecule has 1 atom stereocenters. The average Bonchev–Trinajstić information content (AvgIpc) is 2.68. The van der Waals surface area contributed by atoms with Gasteiger partial charge >= 0.3 is 0 Å². The number of hydrogen-bond donors (Lipinski definition) is 1. The molecule has 1 N–H and O–H groups in total. The molecule has 6 heteroatoms. The molecule has 1 rings (SSSR count). The van der Waals surface area contributed by atoms with Gasteiger partial charge in [0.2, 0.25) is 11.0 Å². The minimum atomic E-state index is -0.257. The molecular formula is C8H14N4OS. The van der Waals surface area contributed by atoms with E-state index in [1.165, 1.54) is 11.3 Å². The number of hydrogen-bond acceptors (Lipinski definition) is 5. The molecule has 14 heavy (non-hydrogen) atoms. The summed E-state index contributed by atoms with van der Waals surface area (Å²) in [5, 5.41) is 11.2. The predicted molar refractivity (Wildman–Crippen MR) is 56.3 cm³/mol. The van der Waals surface area contributed by atoms with Crippen LogP contribution in [0.4, 0.5) is 5.13 Å². The summed E-state index contributed by atoms with van der Waals surface area (Å²) in [6, 6.07) is -0.257. The number of aromatic nitrogens is 2. The summed E-state index contributed by atoms with van der Waals surface area (Å²) in [5.74, 6) is 0.0581. The Kier molecular flexibility index (Phi) is 3.82. The molecule has 1 aromatic rings. The van der Waals surface area contributed by atoms with E-state index >= 15 is 0 Å². The molecule has 0 fully saturated rings. The molecule has 0 bridgehead atoms. The highest BCUT2D eigenvalue weighted by Crippen LogP contribution is 2.10. The van der Waals surface area contributed by atoms with Crippen LogP contribution in [-0.2, 0) is 4.79 Å². The van der Waals surface area contributed by atoms with Gasteiger partial charge in [0, 0.05) is 13.6 Å². The Hall–Kier alpha value is -1.17. The molecular weight excluding hydrogens is 200 g/mol. The van der Waals surface area contributed by atoms with Crippen LogP contribution in [0.1, 0.15) is 13.8 Å². The van der Waals surface area contributed by atoms with Crippen LogP contribution in [0, 0.1) is 0 Å². The van der Waals surface area contributed by atoms with Crippen molar-refractivity contribution in [2.75, 3.05) is 18.9 Å². The molecule has 1 amide bonds. The molecule has 1 unspecified atom stereocenters. The number of amides is 1. The minimum absolute atomic E-state index is 0.0581. The Labute approximate surface area is 87.1 Å². The monoisotopic (exact) mass is 214 g/mol. The lowest BCUT2D eigenvalue weighted by Gasteiger charge is -2.19. The van der Waals surface area contributed by atoms with E-state index in [0.717, 1.165) is 0 Å². The third kappa shape index (κ3) is 2.66. The molecule has 78 valence electrons. The van der Waals surface area contributed by atoms with Crippen molar-refractivity contribution in [2.24, 2.45) is 0 Å². The fraction of sp³-hybridized carbons (Fsp3) is 0.625. The highest BCUT2D eigenvalue weighted by Gasteiger charge is 2.16. The van der Waals surface area contributed by atoms with Gasteiger partial charge in [0.25, 0.3) is 0 Å². The standard InChI is InChI=1S/C8H14N4OS/c1-4-12(3)7(13)6(2)10-8-11-9-5-14-8/h5-6H,4H2,1-3H3,(H,10,11). The van der Waals surface area contributed by atoms with E-state index in [0.29, 0.717) is 11.7 Å². The zero-order valence-electron chi connectivity index (χ0n) is 8.52. The SMILES string of the molecule is CCN(C)C(=O)C(C)Nc1nncs1. The molecule has 0 radical (unpaired) electrons. The third-order valence-corrected chi connectivity index (χ3v) is 2.54. The first kappa shape index (κ1) is 10.9. The van der Waals surface area contributed by atoms with Crippen LogP contribution < -0.4 is 5.32 Å². The van der Waals surface area contributed by atoms with Gasteiger partial charge < -0.3 is 10.2 Å². The van der Waals surface area contributed by atoms with Crippen LogP contribution in [0.25, 0.3) is 0 Å². The van der Waals surface area contributed by atoms with Crippen molar-refractivity contribution >= 4 is 22.4 Å². The Morgan fingerprint density at radius 1 is 1.79 bits per heavy atom. The summed E-state index contributed by atoms with van der Waals surface area (Å²) >= 11 is 1.38. The van der Waals surface area contributed by atoms with Gasteiger partial charge in [0.05, 0.1) is 0 Å². The third-order valence-electron chi connectivity index (χ3n) is 1.92. The topological polar surface area (TPSA) is 58.1 Å². The molecule has 0 spiro atoms. The average molecular weight is 214 g/mol. The van der Waals surface area contributed by atoms with Crippen molar-refractivity contribution in [1.82, 2.24) is 15.1 Å². The quantitative estimate of drug-likeness (QED) is 0.806. The van der Waals surface area contributed by atoms with Crippen molar-refractivity contribution < 1.29 is 4.79 Å². The second-order valence-electron chi connectivity index (χ2n) is 2.96. The van der Waals surface area contributed by atoms with Gasteiger partial charge in [-0.05, 0) is 13.8 Å². The van der Waals surface area contributed by atoms with Crippen molar-refractivity contribution in [3.8, 4) is 0 Å². The summed E-state index contributed by atoms with van der Waals surface area (Å²) in [4.78, 5) is 13.3. The first-order valence-electron chi connectivity index (χ1n) is 4.42. The van der Waals surface area contributed by atoms with Crippen LogP contribution in [-0.4, -0.2) is 40.6 Å². The maximum absolute atomic E-state index is 11.6. The van der Waals surface area contributed by atoms with Gasteiger partial charge in [-0.1, -0.05) is 11.3 Å². The second kappa shape index (κ2) is 4.90. The number of carbonyl (C=O) groups excluding carboxylic acids is 1. The lowest BCUT2D eigenvalue weighted by atomic mass is 10.3. The van der Waals surface area contributed by atoms with E-state index in [4.69, 9.17) is 0 Å². The first-order chi connectivity index (χ1) is 6.65. The first-order valence-corrected chi connectivity index (χ1v) is 5.30. The number of nitrogens with one attached hydrogen (secondary N) is 1. The number of nitrogens with zero attached hydrogens (tertiary/aromatic N) is 3. The zero-order chi connectivity index (χ0) is 10.6. The number of rotatable bonds is 4. The molecule has 0 aliphatic heterocycles. The van der Waals surface area contributed by atoms with Crippen LogP contribution in [0.3, 0.4) is 0 Å². The van der Waals surface area contributed by atoms with Crippen molar-refractivity contribution in [3.05, 3.63) is 5.51 Å². The smallest absolute Gasteiger partial charge is 0.244 e. The van der Waals surface area contributed by atoms with Crippen molar-refractivity contribution in [1.29, 1.82) is 0 Å². The van der Waals surface area contributed by atoms with E-state index in [9.17, 15) is 4.79 Å². The number of likely N-dealkylation sites (N-methyl/N-ethyl adjacent to an activating group) is 1. The fourth-order valence-electron chi connectivity index (χ4n) is 0.969. The van der Waals surface area contributed by atoms with Gasteiger partial charge in [-0.2, -0.15) is 0 Å². The van der Waals surface area contributed by atoms with Crippen LogP contribution >= 0.6 is 11.3 Å². The van der Waals surface area contributed by atoms with Gasteiger partial charge in [0.1, 0.15) is 11.6 Å². The summed E-state index contributed by atoms with van der Waals surface area (Å²) in [6.45, 7) is 4.46. The number of anilines is 1. The van der Waals surface area contributed by atoms with Crippen LogP contribution in [0.2, 0.25) is 0 Å². The maximum atomic E-state index is 11.6. The largest absolute Gasteiger partial charge is 0.349 e. The Morgan fingerprint density at radius 3 is 3.00 bits per heavy atom. The molecule has 0 aromatic carbocycles. The Morgan fingerprint density at radius 2 is 2.50 bits per heavy atom. The van der Waals surface area contributed by atoms with Crippen molar-refractivity contribution in [2.45, 2.75) is 19.9 Å². The van der Waals surface area contributed by atoms with E-state index in [1.54, 1.807) is 17.5 Å². The van der Waals surface area contributed by atoms with E-state index in [1.807, 2.05) is 13.8 Å². The lowest BCUT2D eigenvalue weighted by Crippen LogP contribution is -2.38.